The summed E-state index contributed by atoms with van der Waals surface area (Å²) in [5, 5.41) is 9.05. The van der Waals surface area contributed by atoms with Crippen molar-refractivity contribution in [2.75, 3.05) is 23.8 Å². The number of halogens is 2. The van der Waals surface area contributed by atoms with Crippen LogP contribution in [0.3, 0.4) is 0 Å². The molecule has 0 bridgehead atoms. The highest BCUT2D eigenvalue weighted by Crippen LogP contribution is 2.18. The molecule has 31 heavy (non-hydrogen) atoms. The van der Waals surface area contributed by atoms with Crippen molar-refractivity contribution in [1.29, 1.82) is 0 Å². The molecule has 0 heterocycles. The van der Waals surface area contributed by atoms with Gasteiger partial charge in [-0.3, -0.25) is 9.59 Å². The van der Waals surface area contributed by atoms with Crippen LogP contribution in [0.25, 0.3) is 0 Å². The Morgan fingerprint density at radius 3 is 2.16 bits per heavy atom. The van der Waals surface area contributed by atoms with Crippen molar-refractivity contribution in [1.82, 2.24) is 5.32 Å². The Morgan fingerprint density at radius 2 is 1.45 bits per heavy atom. The van der Waals surface area contributed by atoms with E-state index in [9.17, 15) is 14.0 Å². The van der Waals surface area contributed by atoms with Crippen LogP contribution in [0.1, 0.15) is 5.56 Å². The van der Waals surface area contributed by atoms with Gasteiger partial charge in [-0.2, -0.15) is 0 Å². The molecule has 6 nitrogen and oxygen atoms in total. The Morgan fingerprint density at radius 1 is 0.839 bits per heavy atom. The summed E-state index contributed by atoms with van der Waals surface area (Å²) < 4.78 is 18.6. The Kier molecular flexibility index (Phi) is 7.98. The number of para-hydroxylation sites is 1. The maximum absolute atomic E-state index is 12.9. The van der Waals surface area contributed by atoms with Crippen LogP contribution in [0.2, 0.25) is 5.02 Å². The normalized spacial score (nSPS) is 10.4. The largest absolute Gasteiger partial charge is 0.483 e. The number of hydrogen-bond donors (Lipinski definition) is 3. The van der Waals surface area contributed by atoms with Gasteiger partial charge in [0.05, 0.1) is 6.54 Å². The minimum Gasteiger partial charge on any atom is -0.483 e. The molecule has 0 aliphatic heterocycles. The van der Waals surface area contributed by atoms with Crippen LogP contribution in [0.15, 0.2) is 72.8 Å². The molecule has 3 rings (SSSR count). The minimum absolute atomic E-state index is 0.0992. The van der Waals surface area contributed by atoms with Gasteiger partial charge in [-0.15, -0.1) is 0 Å². The van der Waals surface area contributed by atoms with Crippen molar-refractivity contribution in [2.24, 2.45) is 0 Å². The highest BCUT2D eigenvalue weighted by Gasteiger charge is 2.08. The molecule has 3 aromatic rings. The molecule has 2 amide bonds. The Hall–Kier alpha value is -3.42. The lowest BCUT2D eigenvalue weighted by molar-refractivity contribution is -0.118. The van der Waals surface area contributed by atoms with E-state index in [0.717, 1.165) is 5.56 Å². The molecule has 0 radical (unpaired) electrons. The quantitative estimate of drug-likeness (QED) is 0.464. The lowest BCUT2D eigenvalue weighted by atomic mass is 10.2. The number of amides is 2. The summed E-state index contributed by atoms with van der Waals surface area (Å²) in [4.78, 5) is 24.1. The van der Waals surface area contributed by atoms with E-state index in [1.54, 1.807) is 36.4 Å². The monoisotopic (exact) mass is 441 g/mol. The van der Waals surface area contributed by atoms with E-state index in [2.05, 4.69) is 16.0 Å². The van der Waals surface area contributed by atoms with Crippen molar-refractivity contribution in [3.05, 3.63) is 89.2 Å². The zero-order valence-corrected chi connectivity index (χ0v) is 17.3. The van der Waals surface area contributed by atoms with Crippen LogP contribution < -0.4 is 20.7 Å². The molecule has 0 saturated heterocycles. The van der Waals surface area contributed by atoms with Crippen molar-refractivity contribution in [3.8, 4) is 5.75 Å². The van der Waals surface area contributed by atoms with Crippen molar-refractivity contribution >= 4 is 34.8 Å². The molecule has 160 valence electrons. The molecular formula is C23H21ClFN3O3. The van der Waals surface area contributed by atoms with Crippen LogP contribution >= 0.6 is 11.6 Å². The second-order valence-electron chi connectivity index (χ2n) is 6.61. The maximum atomic E-state index is 12.9. The first-order valence-electron chi connectivity index (χ1n) is 9.52. The Bertz CT molecular complexity index is 1030. The predicted octanol–water partition coefficient (Wildman–Crippen LogP) is 4.22. The van der Waals surface area contributed by atoms with Crippen LogP contribution in [-0.4, -0.2) is 25.0 Å². The number of anilines is 2. The van der Waals surface area contributed by atoms with Crippen LogP contribution in [-0.2, 0) is 16.1 Å². The summed E-state index contributed by atoms with van der Waals surface area (Å²) in [6.07, 6.45) is 0. The molecule has 3 aromatic carbocycles. The molecule has 0 aliphatic rings. The fraction of sp³-hybridized carbons (Fsp3) is 0.130. The molecule has 3 N–H and O–H groups in total. The average Bonchev–Trinajstić information content (AvgIpc) is 2.76. The third kappa shape index (κ3) is 7.40. The van der Waals surface area contributed by atoms with E-state index in [4.69, 9.17) is 16.3 Å². The first-order valence-corrected chi connectivity index (χ1v) is 9.89. The molecule has 0 unspecified atom stereocenters. The fourth-order valence-corrected chi connectivity index (χ4v) is 2.84. The molecule has 0 saturated carbocycles. The van der Waals surface area contributed by atoms with Gasteiger partial charge in [0, 0.05) is 28.5 Å². The Labute approximate surface area is 184 Å². The number of carbonyl (C=O) groups is 2. The van der Waals surface area contributed by atoms with Crippen LogP contribution in [0.4, 0.5) is 15.8 Å². The molecule has 8 heteroatoms. The van der Waals surface area contributed by atoms with Crippen molar-refractivity contribution in [3.63, 3.8) is 0 Å². The summed E-state index contributed by atoms with van der Waals surface area (Å²) in [5.74, 6) is -0.406. The second kappa shape index (κ2) is 11.1. The first-order chi connectivity index (χ1) is 15.0. The van der Waals surface area contributed by atoms with Gasteiger partial charge in [0.2, 0.25) is 5.91 Å². The summed E-state index contributed by atoms with van der Waals surface area (Å²) in [6.45, 7) is 0.275. The summed E-state index contributed by atoms with van der Waals surface area (Å²) in [5.41, 5.74) is 1.94. The van der Waals surface area contributed by atoms with E-state index in [0.29, 0.717) is 28.7 Å². The number of benzene rings is 3. The molecule has 0 aromatic heterocycles. The summed E-state index contributed by atoms with van der Waals surface area (Å²) in [6, 6.07) is 19.5. The molecule has 0 aliphatic carbocycles. The molecular weight excluding hydrogens is 421 g/mol. The smallest absolute Gasteiger partial charge is 0.262 e. The number of ether oxygens (including phenoxy) is 1. The highest BCUT2D eigenvalue weighted by molar-refractivity contribution is 6.30. The number of carbonyl (C=O) groups excluding carboxylic acids is 2. The topological polar surface area (TPSA) is 79.5 Å². The van der Waals surface area contributed by atoms with Gasteiger partial charge in [-0.25, -0.2) is 4.39 Å². The average molecular weight is 442 g/mol. The van der Waals surface area contributed by atoms with Gasteiger partial charge in [0.15, 0.2) is 6.61 Å². The highest BCUT2D eigenvalue weighted by atomic mass is 35.5. The molecule has 0 atom stereocenters. The lowest BCUT2D eigenvalue weighted by Crippen LogP contribution is -2.28. The summed E-state index contributed by atoms with van der Waals surface area (Å²) >= 11 is 5.83. The third-order valence-electron chi connectivity index (χ3n) is 4.19. The summed E-state index contributed by atoms with van der Waals surface area (Å²) in [7, 11) is 0. The van der Waals surface area contributed by atoms with Gasteiger partial charge in [-0.05, 0) is 54.6 Å². The van der Waals surface area contributed by atoms with Crippen LogP contribution in [0.5, 0.6) is 5.75 Å². The second-order valence-corrected chi connectivity index (χ2v) is 7.05. The van der Waals surface area contributed by atoms with E-state index < -0.39 is 0 Å². The molecule has 0 spiro atoms. The van der Waals surface area contributed by atoms with E-state index >= 15 is 0 Å². The van der Waals surface area contributed by atoms with E-state index in [1.165, 1.54) is 24.3 Å². The van der Waals surface area contributed by atoms with Crippen molar-refractivity contribution in [2.45, 2.75) is 6.54 Å². The van der Waals surface area contributed by atoms with Gasteiger partial charge in [-0.1, -0.05) is 29.8 Å². The van der Waals surface area contributed by atoms with Crippen molar-refractivity contribution < 1.29 is 18.7 Å². The van der Waals surface area contributed by atoms with E-state index in [1.807, 2.05) is 12.1 Å². The first kappa shape index (κ1) is 22.3. The number of nitrogens with one attached hydrogen (secondary N) is 3. The van der Waals surface area contributed by atoms with Gasteiger partial charge in [0.1, 0.15) is 11.6 Å². The van der Waals surface area contributed by atoms with Gasteiger partial charge in [0.25, 0.3) is 5.91 Å². The standard InChI is InChI=1S/C23H21ClFN3O3/c24-17-5-9-19(10-6-17)27-22(29)14-26-13-16-3-1-2-4-21(16)31-15-23(30)28-20-11-7-18(25)8-12-20/h1-12,26H,13-15H2,(H,27,29)(H,28,30). The maximum Gasteiger partial charge on any atom is 0.262 e. The minimum atomic E-state index is -0.377. The third-order valence-corrected chi connectivity index (χ3v) is 4.44. The zero-order valence-electron chi connectivity index (χ0n) is 16.5. The Balaban J connectivity index is 1.46. The predicted molar refractivity (Wildman–Crippen MR) is 119 cm³/mol. The number of rotatable bonds is 9. The van der Waals surface area contributed by atoms with E-state index in [-0.39, 0.29) is 30.8 Å². The SMILES string of the molecule is O=C(CNCc1ccccc1OCC(=O)Nc1ccc(F)cc1)Nc1ccc(Cl)cc1. The number of hydrogen-bond acceptors (Lipinski definition) is 4. The lowest BCUT2D eigenvalue weighted by Gasteiger charge is -2.12. The fourth-order valence-electron chi connectivity index (χ4n) is 2.71. The van der Waals surface area contributed by atoms with Gasteiger partial charge < -0.3 is 20.7 Å². The zero-order chi connectivity index (χ0) is 22.1. The van der Waals surface area contributed by atoms with Gasteiger partial charge >= 0.3 is 0 Å². The molecule has 0 fully saturated rings. The van der Waals surface area contributed by atoms with Crippen LogP contribution in [0, 0.1) is 5.82 Å².